The molecule has 0 bridgehead atoms. The molecule has 10 atom stereocenters. The molecule has 0 radical (unpaired) electrons. The summed E-state index contributed by atoms with van der Waals surface area (Å²) in [6, 6.07) is 26.5. The van der Waals surface area contributed by atoms with Crippen molar-refractivity contribution in [2.24, 2.45) is 51.8 Å². The number of ether oxygens (including phenoxy) is 4. The van der Waals surface area contributed by atoms with Crippen molar-refractivity contribution in [1.29, 1.82) is 0 Å². The average molecular weight is 976 g/mol. The number of nitrogens with one attached hydrogen (secondary N) is 1. The second-order valence-corrected chi connectivity index (χ2v) is 24.4. The van der Waals surface area contributed by atoms with Crippen LogP contribution in [-0.4, -0.2) is 50.8 Å². The highest BCUT2D eigenvalue weighted by Crippen LogP contribution is 2.71. The first-order valence-corrected chi connectivity index (χ1v) is 28.9. The van der Waals surface area contributed by atoms with Crippen LogP contribution < -0.4 is 14.8 Å². The number of aliphatic hydroxyl groups is 1. The van der Waals surface area contributed by atoms with Gasteiger partial charge in [-0.05, 0) is 170 Å². The van der Waals surface area contributed by atoms with Gasteiger partial charge in [0.15, 0.2) is 0 Å². The van der Waals surface area contributed by atoms with E-state index in [4.69, 9.17) is 18.9 Å². The standard InChI is InChI=1S/C64H97NO6/c1-47(2)22-21-23-48(3)57-35-36-58-56-38-41-61(4)46-55(37-43-63(61,6)59(56)39-42-62(57,58)5)71-60(67)65-44-20-15-13-11-9-10-12-14-19-26-52(66)40-45-70-64(49-24-17-16-18-25-49,50-27-31-53(68-7)32-28-50)51-29-33-54(69-8)34-30-51/h16-18,24-25,27-34,47-48,52,55-59,66H,9-15,19-23,26,35-46H2,1-8H3,(H,65,67)/t48-,52?,55+,56?,57?,58?,59?,61?,62-,63-/m0/s1. The smallest absolute Gasteiger partial charge is 0.407 e. The van der Waals surface area contributed by atoms with E-state index in [9.17, 15) is 9.90 Å². The Kier molecular flexibility index (Phi) is 19.9. The molecular weight excluding hydrogens is 879 g/mol. The fourth-order valence-electron chi connectivity index (χ4n) is 15.4. The molecule has 0 heterocycles. The van der Waals surface area contributed by atoms with Gasteiger partial charge in [0.1, 0.15) is 23.2 Å². The molecule has 0 spiro atoms. The summed E-state index contributed by atoms with van der Waals surface area (Å²) in [5, 5.41) is 14.2. The largest absolute Gasteiger partial charge is 0.497 e. The van der Waals surface area contributed by atoms with Crippen LogP contribution >= 0.6 is 0 Å². The Morgan fingerprint density at radius 3 is 1.87 bits per heavy atom. The molecule has 0 aliphatic heterocycles. The number of unbranched alkanes of at least 4 members (excludes halogenated alkanes) is 8. The minimum absolute atomic E-state index is 0.0417. The van der Waals surface area contributed by atoms with E-state index >= 15 is 0 Å². The van der Waals surface area contributed by atoms with Gasteiger partial charge in [0, 0.05) is 6.54 Å². The Balaban J connectivity index is 0.745. The van der Waals surface area contributed by atoms with Crippen molar-refractivity contribution in [3.05, 3.63) is 95.6 Å². The Hall–Kier alpha value is -3.55. The molecule has 394 valence electrons. The van der Waals surface area contributed by atoms with Crippen LogP contribution in [0.3, 0.4) is 0 Å². The lowest BCUT2D eigenvalue weighted by molar-refractivity contribution is -0.171. The van der Waals surface area contributed by atoms with E-state index in [2.05, 4.69) is 83.3 Å². The predicted octanol–water partition coefficient (Wildman–Crippen LogP) is 16.3. The molecule has 0 aromatic heterocycles. The van der Waals surface area contributed by atoms with Crippen molar-refractivity contribution >= 4 is 6.09 Å². The number of hydrogen-bond acceptors (Lipinski definition) is 6. The van der Waals surface area contributed by atoms with E-state index in [0.29, 0.717) is 30.4 Å². The van der Waals surface area contributed by atoms with Gasteiger partial charge in [-0.3, -0.25) is 0 Å². The molecular formula is C64H97NO6. The fourth-order valence-corrected chi connectivity index (χ4v) is 15.4. The summed E-state index contributed by atoms with van der Waals surface area (Å²) in [4.78, 5) is 13.1. The van der Waals surface area contributed by atoms with E-state index in [0.717, 1.165) is 109 Å². The van der Waals surface area contributed by atoms with Crippen LogP contribution in [0.25, 0.3) is 0 Å². The van der Waals surface area contributed by atoms with Gasteiger partial charge in [0.2, 0.25) is 0 Å². The molecule has 71 heavy (non-hydrogen) atoms. The Morgan fingerprint density at radius 1 is 0.648 bits per heavy atom. The quantitative estimate of drug-likeness (QED) is 0.0585. The third kappa shape index (κ3) is 13.0. The maximum atomic E-state index is 13.1. The maximum Gasteiger partial charge on any atom is 0.407 e. The van der Waals surface area contributed by atoms with Crippen LogP contribution in [0, 0.1) is 51.8 Å². The first kappa shape index (κ1) is 55.2. The molecule has 1 amide bonds. The summed E-state index contributed by atoms with van der Waals surface area (Å²) in [5.74, 6) is 6.78. The predicted molar refractivity (Wildman–Crippen MR) is 291 cm³/mol. The maximum absolute atomic E-state index is 13.1. The Labute approximate surface area is 431 Å². The van der Waals surface area contributed by atoms with E-state index < -0.39 is 11.7 Å². The molecule has 7 heteroatoms. The second kappa shape index (κ2) is 25.6. The molecule has 4 aliphatic rings. The molecule has 6 unspecified atom stereocenters. The topological polar surface area (TPSA) is 86.2 Å². The van der Waals surface area contributed by atoms with Crippen molar-refractivity contribution < 1.29 is 28.8 Å². The summed E-state index contributed by atoms with van der Waals surface area (Å²) >= 11 is 0. The highest BCUT2D eigenvalue weighted by molar-refractivity contribution is 5.67. The van der Waals surface area contributed by atoms with Crippen molar-refractivity contribution in [1.82, 2.24) is 5.32 Å². The molecule has 7 nitrogen and oxygen atoms in total. The van der Waals surface area contributed by atoms with Crippen molar-refractivity contribution in [3.63, 3.8) is 0 Å². The molecule has 4 fully saturated rings. The highest BCUT2D eigenvalue weighted by Gasteiger charge is 2.64. The van der Waals surface area contributed by atoms with Gasteiger partial charge in [-0.15, -0.1) is 0 Å². The van der Waals surface area contributed by atoms with Crippen molar-refractivity contribution in [3.8, 4) is 11.5 Å². The van der Waals surface area contributed by atoms with E-state index in [1.807, 2.05) is 42.5 Å². The van der Waals surface area contributed by atoms with Gasteiger partial charge in [0.25, 0.3) is 0 Å². The van der Waals surface area contributed by atoms with Gasteiger partial charge in [-0.25, -0.2) is 4.79 Å². The lowest BCUT2D eigenvalue weighted by Gasteiger charge is -2.65. The number of rotatable bonds is 27. The van der Waals surface area contributed by atoms with Crippen molar-refractivity contribution in [2.75, 3.05) is 27.4 Å². The molecule has 2 N–H and O–H groups in total. The third-order valence-corrected chi connectivity index (χ3v) is 19.7. The number of hydrogen-bond donors (Lipinski definition) is 2. The number of aliphatic hydroxyl groups excluding tert-OH is 1. The Bertz CT molecular complexity index is 1990. The van der Waals surface area contributed by atoms with Gasteiger partial charge < -0.3 is 29.4 Å². The Morgan fingerprint density at radius 2 is 1.25 bits per heavy atom. The average Bonchev–Trinajstić information content (AvgIpc) is 3.73. The lowest BCUT2D eigenvalue weighted by atomic mass is 9.40. The summed E-state index contributed by atoms with van der Waals surface area (Å²) in [5.41, 5.74) is 3.27. The lowest BCUT2D eigenvalue weighted by Crippen LogP contribution is -2.58. The zero-order valence-electron chi connectivity index (χ0n) is 45.8. The molecule has 4 saturated carbocycles. The van der Waals surface area contributed by atoms with E-state index in [1.165, 1.54) is 96.3 Å². The van der Waals surface area contributed by atoms with Crippen LogP contribution in [0.4, 0.5) is 4.79 Å². The summed E-state index contributed by atoms with van der Waals surface area (Å²) in [6.07, 6.45) is 27.0. The highest BCUT2D eigenvalue weighted by atomic mass is 16.6. The fraction of sp³-hybridized carbons (Fsp3) is 0.703. The number of alkyl carbamates (subject to hydrolysis) is 1. The SMILES string of the molecule is COc1ccc(C(OCCC(O)CCCCCCCCCCCNC(=O)O[C@@H]2CC[C@@]3(C)C4CC[C@]5(C)C(CCC5[C@@H](C)CCCC(C)C)C4CCC3(C)C2)(c2ccccc2)c2ccc(OC)cc2)cc1. The number of methoxy groups -OCH3 is 2. The summed E-state index contributed by atoms with van der Waals surface area (Å²) in [7, 11) is 3.36. The summed E-state index contributed by atoms with van der Waals surface area (Å²) in [6.45, 7) is 16.4. The summed E-state index contributed by atoms with van der Waals surface area (Å²) < 4.78 is 24.1. The number of carbonyl (C=O) groups is 1. The zero-order valence-corrected chi connectivity index (χ0v) is 45.8. The minimum Gasteiger partial charge on any atom is -0.497 e. The number of benzene rings is 3. The molecule has 7 rings (SSSR count). The molecule has 3 aromatic carbocycles. The molecule has 4 aliphatic carbocycles. The second-order valence-electron chi connectivity index (χ2n) is 24.4. The van der Waals surface area contributed by atoms with Crippen LogP contribution in [-0.2, 0) is 15.1 Å². The normalized spacial score (nSPS) is 28.1. The third-order valence-electron chi connectivity index (χ3n) is 19.7. The number of amides is 1. The van der Waals surface area contributed by atoms with Crippen molar-refractivity contribution in [2.45, 2.75) is 207 Å². The first-order chi connectivity index (χ1) is 34.3. The monoisotopic (exact) mass is 976 g/mol. The van der Waals surface area contributed by atoms with Crippen LogP contribution in [0.1, 0.15) is 206 Å². The van der Waals surface area contributed by atoms with Gasteiger partial charge in [-0.1, -0.05) is 167 Å². The van der Waals surface area contributed by atoms with E-state index in [1.54, 1.807) is 14.2 Å². The van der Waals surface area contributed by atoms with Gasteiger partial charge >= 0.3 is 6.09 Å². The first-order valence-electron chi connectivity index (χ1n) is 28.9. The van der Waals surface area contributed by atoms with Crippen LogP contribution in [0.2, 0.25) is 0 Å². The number of carbonyl (C=O) groups excluding carboxylic acids is 1. The zero-order chi connectivity index (χ0) is 50.5. The molecule has 0 saturated heterocycles. The molecule has 3 aromatic rings. The van der Waals surface area contributed by atoms with Gasteiger partial charge in [0.05, 0.1) is 26.9 Å². The van der Waals surface area contributed by atoms with Gasteiger partial charge in [-0.2, -0.15) is 0 Å². The minimum atomic E-state index is -0.873. The van der Waals surface area contributed by atoms with E-state index in [-0.39, 0.29) is 17.6 Å². The number of fused-ring (bicyclic) bond motifs is 5. The van der Waals surface area contributed by atoms with Crippen LogP contribution in [0.5, 0.6) is 11.5 Å². The van der Waals surface area contributed by atoms with Crippen LogP contribution in [0.15, 0.2) is 78.9 Å².